The standard InChI is InChI=1S/C19H22F3N3O/c1-23-18(24-11-10-15-7-3-4-9-17(15)26-2)25-13-14-6-5-8-16(12-14)19(20,21)22/h3-9,12H,10-11,13H2,1-2H3,(H2,23,24,25). The van der Waals surface area contributed by atoms with Gasteiger partial charge in [-0.3, -0.25) is 4.99 Å². The Kier molecular flexibility index (Phi) is 6.89. The lowest BCUT2D eigenvalue weighted by atomic mass is 10.1. The molecule has 0 amide bonds. The molecule has 140 valence electrons. The molecule has 2 N–H and O–H groups in total. The third-order valence-electron chi connectivity index (χ3n) is 3.82. The Morgan fingerprint density at radius 3 is 2.54 bits per heavy atom. The third kappa shape index (κ3) is 5.68. The summed E-state index contributed by atoms with van der Waals surface area (Å²) in [5.74, 6) is 1.35. The van der Waals surface area contributed by atoms with Gasteiger partial charge in [-0.2, -0.15) is 13.2 Å². The number of alkyl halides is 3. The second-order valence-corrected chi connectivity index (χ2v) is 5.61. The first-order chi connectivity index (χ1) is 12.4. The van der Waals surface area contributed by atoms with E-state index in [4.69, 9.17) is 4.74 Å². The maximum atomic E-state index is 12.8. The van der Waals surface area contributed by atoms with Crippen LogP contribution in [0.25, 0.3) is 0 Å². The number of guanidine groups is 1. The van der Waals surface area contributed by atoms with Crippen molar-refractivity contribution in [2.24, 2.45) is 4.99 Å². The summed E-state index contributed by atoms with van der Waals surface area (Å²) in [7, 11) is 3.24. The molecule has 2 aromatic carbocycles. The number of hydrogen-bond acceptors (Lipinski definition) is 2. The Hall–Kier alpha value is -2.70. The highest BCUT2D eigenvalue weighted by molar-refractivity contribution is 5.79. The smallest absolute Gasteiger partial charge is 0.416 e. The van der Waals surface area contributed by atoms with Crippen LogP contribution in [0.2, 0.25) is 0 Å². The SMILES string of the molecule is CN=C(NCCc1ccccc1OC)NCc1cccc(C(F)(F)F)c1. The van der Waals surface area contributed by atoms with Gasteiger partial charge in [-0.05, 0) is 35.7 Å². The monoisotopic (exact) mass is 365 g/mol. The van der Waals surface area contributed by atoms with Crippen LogP contribution in [-0.2, 0) is 19.1 Å². The Bertz CT molecular complexity index is 745. The predicted molar refractivity (Wildman–Crippen MR) is 96.3 cm³/mol. The number of rotatable bonds is 6. The number of nitrogens with zero attached hydrogens (tertiary/aromatic N) is 1. The second-order valence-electron chi connectivity index (χ2n) is 5.61. The minimum atomic E-state index is -4.34. The third-order valence-corrected chi connectivity index (χ3v) is 3.82. The van der Waals surface area contributed by atoms with Gasteiger partial charge in [-0.1, -0.05) is 30.3 Å². The predicted octanol–water partition coefficient (Wildman–Crippen LogP) is 3.62. The van der Waals surface area contributed by atoms with Crippen LogP contribution in [0, 0.1) is 0 Å². The lowest BCUT2D eigenvalue weighted by Crippen LogP contribution is -2.37. The van der Waals surface area contributed by atoms with E-state index in [0.29, 0.717) is 18.1 Å². The van der Waals surface area contributed by atoms with Crippen molar-refractivity contribution < 1.29 is 17.9 Å². The lowest BCUT2D eigenvalue weighted by molar-refractivity contribution is -0.137. The summed E-state index contributed by atoms with van der Waals surface area (Å²) >= 11 is 0. The largest absolute Gasteiger partial charge is 0.496 e. The van der Waals surface area contributed by atoms with Crippen LogP contribution < -0.4 is 15.4 Å². The molecule has 0 saturated heterocycles. The maximum absolute atomic E-state index is 12.8. The summed E-state index contributed by atoms with van der Waals surface area (Å²) in [6, 6.07) is 13.0. The molecular formula is C19H22F3N3O. The summed E-state index contributed by atoms with van der Waals surface area (Å²) in [5, 5.41) is 6.16. The molecule has 26 heavy (non-hydrogen) atoms. The van der Waals surface area contributed by atoms with E-state index >= 15 is 0 Å². The van der Waals surface area contributed by atoms with Gasteiger partial charge in [0.05, 0.1) is 12.7 Å². The van der Waals surface area contributed by atoms with Crippen molar-refractivity contribution in [3.05, 3.63) is 65.2 Å². The van der Waals surface area contributed by atoms with Crippen LogP contribution in [0.4, 0.5) is 13.2 Å². The summed E-state index contributed by atoms with van der Waals surface area (Å²) in [6.07, 6.45) is -3.61. The summed E-state index contributed by atoms with van der Waals surface area (Å²) in [6.45, 7) is 0.862. The molecule has 0 aliphatic heterocycles. The second kappa shape index (κ2) is 9.12. The minimum Gasteiger partial charge on any atom is -0.496 e. The van der Waals surface area contributed by atoms with E-state index in [-0.39, 0.29) is 6.54 Å². The van der Waals surface area contributed by atoms with Gasteiger partial charge in [-0.25, -0.2) is 0 Å². The molecule has 7 heteroatoms. The van der Waals surface area contributed by atoms with Gasteiger partial charge in [0.2, 0.25) is 0 Å². The molecular weight excluding hydrogens is 343 g/mol. The molecule has 4 nitrogen and oxygen atoms in total. The maximum Gasteiger partial charge on any atom is 0.416 e. The molecule has 0 bridgehead atoms. The van der Waals surface area contributed by atoms with Crippen molar-refractivity contribution in [1.82, 2.24) is 10.6 Å². The zero-order chi connectivity index (χ0) is 19.0. The van der Waals surface area contributed by atoms with Gasteiger partial charge in [0, 0.05) is 20.1 Å². The van der Waals surface area contributed by atoms with Crippen molar-refractivity contribution >= 4 is 5.96 Å². The van der Waals surface area contributed by atoms with Crippen LogP contribution in [0.15, 0.2) is 53.5 Å². The Morgan fingerprint density at radius 2 is 1.85 bits per heavy atom. The number of para-hydroxylation sites is 1. The molecule has 0 aliphatic rings. The summed E-state index contributed by atoms with van der Waals surface area (Å²) in [5.41, 5.74) is 0.944. The first kappa shape index (κ1) is 19.6. The van der Waals surface area contributed by atoms with E-state index in [0.717, 1.165) is 29.9 Å². The molecule has 2 aromatic rings. The molecule has 0 aromatic heterocycles. The fourth-order valence-corrected chi connectivity index (χ4v) is 2.49. The molecule has 0 spiro atoms. The fraction of sp³-hybridized carbons (Fsp3) is 0.316. The molecule has 0 atom stereocenters. The van der Waals surface area contributed by atoms with Crippen LogP contribution in [0.5, 0.6) is 5.75 Å². The van der Waals surface area contributed by atoms with Crippen LogP contribution in [-0.4, -0.2) is 26.7 Å². The molecule has 2 rings (SSSR count). The molecule has 0 heterocycles. The highest BCUT2D eigenvalue weighted by atomic mass is 19.4. The number of aliphatic imine (C=N–C) groups is 1. The normalized spacial score (nSPS) is 12.0. The number of halogens is 3. The average molecular weight is 365 g/mol. The lowest BCUT2D eigenvalue weighted by Gasteiger charge is -2.14. The number of benzene rings is 2. The minimum absolute atomic E-state index is 0.248. The van der Waals surface area contributed by atoms with Crippen molar-refractivity contribution in [2.45, 2.75) is 19.1 Å². The molecule has 0 radical (unpaired) electrons. The van der Waals surface area contributed by atoms with Crippen molar-refractivity contribution in [1.29, 1.82) is 0 Å². The Morgan fingerprint density at radius 1 is 1.08 bits per heavy atom. The highest BCUT2D eigenvalue weighted by Gasteiger charge is 2.30. The van der Waals surface area contributed by atoms with Gasteiger partial charge in [0.15, 0.2) is 5.96 Å². The Balaban J connectivity index is 1.87. The quantitative estimate of drug-likeness (QED) is 0.607. The van der Waals surface area contributed by atoms with E-state index < -0.39 is 11.7 Å². The van der Waals surface area contributed by atoms with Gasteiger partial charge in [-0.15, -0.1) is 0 Å². The summed E-state index contributed by atoms with van der Waals surface area (Å²) in [4.78, 5) is 4.09. The number of methoxy groups -OCH3 is 1. The topological polar surface area (TPSA) is 45.7 Å². The van der Waals surface area contributed by atoms with E-state index in [1.165, 1.54) is 6.07 Å². The number of ether oxygens (including phenoxy) is 1. The molecule has 0 saturated carbocycles. The zero-order valence-corrected chi connectivity index (χ0v) is 14.7. The van der Waals surface area contributed by atoms with E-state index in [2.05, 4.69) is 15.6 Å². The Labute approximate surface area is 151 Å². The first-order valence-electron chi connectivity index (χ1n) is 8.16. The van der Waals surface area contributed by atoms with Crippen molar-refractivity contribution in [3.8, 4) is 5.75 Å². The van der Waals surface area contributed by atoms with Gasteiger partial charge < -0.3 is 15.4 Å². The molecule has 0 fully saturated rings. The molecule has 0 aliphatic carbocycles. The van der Waals surface area contributed by atoms with E-state index in [1.54, 1.807) is 20.2 Å². The first-order valence-corrected chi connectivity index (χ1v) is 8.16. The van der Waals surface area contributed by atoms with Crippen molar-refractivity contribution in [2.75, 3.05) is 20.7 Å². The van der Waals surface area contributed by atoms with Gasteiger partial charge in [0.25, 0.3) is 0 Å². The number of hydrogen-bond donors (Lipinski definition) is 2. The summed E-state index contributed by atoms with van der Waals surface area (Å²) < 4.78 is 43.6. The fourth-order valence-electron chi connectivity index (χ4n) is 2.49. The van der Waals surface area contributed by atoms with E-state index in [9.17, 15) is 13.2 Å². The van der Waals surface area contributed by atoms with Crippen LogP contribution >= 0.6 is 0 Å². The molecule has 0 unspecified atom stereocenters. The van der Waals surface area contributed by atoms with Gasteiger partial charge >= 0.3 is 6.18 Å². The highest BCUT2D eigenvalue weighted by Crippen LogP contribution is 2.29. The van der Waals surface area contributed by atoms with Crippen LogP contribution in [0.1, 0.15) is 16.7 Å². The van der Waals surface area contributed by atoms with Crippen molar-refractivity contribution in [3.63, 3.8) is 0 Å². The van der Waals surface area contributed by atoms with E-state index in [1.807, 2.05) is 24.3 Å². The van der Waals surface area contributed by atoms with Gasteiger partial charge in [0.1, 0.15) is 5.75 Å². The number of nitrogens with one attached hydrogen (secondary N) is 2. The van der Waals surface area contributed by atoms with Crippen LogP contribution in [0.3, 0.4) is 0 Å². The average Bonchev–Trinajstić information content (AvgIpc) is 2.64. The zero-order valence-electron chi connectivity index (χ0n) is 14.7.